The zero-order chi connectivity index (χ0) is 22.9. The van der Waals surface area contributed by atoms with Crippen molar-refractivity contribution < 1.29 is 22.8 Å². The van der Waals surface area contributed by atoms with E-state index in [0.717, 1.165) is 12.1 Å². The molecule has 0 bridgehead atoms. The van der Waals surface area contributed by atoms with Gasteiger partial charge >= 0.3 is 6.18 Å². The number of halogens is 3. The number of aromatic nitrogens is 2. The van der Waals surface area contributed by atoms with Crippen LogP contribution in [0.15, 0.2) is 24.3 Å². The molecule has 1 saturated heterocycles. The second kappa shape index (κ2) is 8.72. The van der Waals surface area contributed by atoms with E-state index in [-0.39, 0.29) is 24.2 Å². The molecule has 0 spiro atoms. The van der Waals surface area contributed by atoms with Crippen LogP contribution in [0.2, 0.25) is 0 Å². The van der Waals surface area contributed by atoms with Crippen molar-refractivity contribution in [3.63, 3.8) is 0 Å². The maximum Gasteiger partial charge on any atom is 0.416 e. The lowest BCUT2D eigenvalue weighted by atomic mass is 10.1. The van der Waals surface area contributed by atoms with Crippen molar-refractivity contribution in [2.75, 3.05) is 26.2 Å². The van der Waals surface area contributed by atoms with Crippen LogP contribution in [0.3, 0.4) is 0 Å². The Morgan fingerprint density at radius 1 is 1.06 bits per heavy atom. The number of hydrogen-bond acceptors (Lipinski definition) is 3. The SMILES string of the molecule is Cc1nn(-c2cccc(C(F)(F)F)c2)c(C)c1CC(=O)N1CCN(C(=O)C(C)C)CC1. The lowest BCUT2D eigenvalue weighted by molar-refractivity contribution is -0.141. The average molecular weight is 436 g/mol. The molecule has 1 aromatic carbocycles. The zero-order valence-electron chi connectivity index (χ0n) is 18.2. The number of benzene rings is 1. The minimum Gasteiger partial charge on any atom is -0.339 e. The number of nitrogens with zero attached hydrogens (tertiary/aromatic N) is 4. The van der Waals surface area contributed by atoms with E-state index in [1.807, 2.05) is 13.8 Å². The normalized spacial score (nSPS) is 15.0. The van der Waals surface area contributed by atoms with Crippen LogP contribution >= 0.6 is 0 Å². The predicted molar refractivity (Wildman–Crippen MR) is 110 cm³/mol. The van der Waals surface area contributed by atoms with Crippen LogP contribution in [-0.2, 0) is 22.2 Å². The summed E-state index contributed by atoms with van der Waals surface area (Å²) in [4.78, 5) is 28.5. The van der Waals surface area contributed by atoms with Crippen LogP contribution in [0, 0.1) is 19.8 Å². The molecular weight excluding hydrogens is 409 g/mol. The summed E-state index contributed by atoms with van der Waals surface area (Å²) in [6.45, 7) is 9.16. The second-order valence-electron chi connectivity index (χ2n) is 8.15. The van der Waals surface area contributed by atoms with E-state index in [1.165, 1.54) is 10.7 Å². The van der Waals surface area contributed by atoms with Gasteiger partial charge in [0.05, 0.1) is 23.4 Å². The Bertz CT molecular complexity index is 974. The Labute approximate surface area is 179 Å². The largest absolute Gasteiger partial charge is 0.416 e. The fraction of sp³-hybridized carbons (Fsp3) is 0.500. The van der Waals surface area contributed by atoms with Crippen LogP contribution in [0.1, 0.15) is 36.4 Å². The van der Waals surface area contributed by atoms with Crippen molar-refractivity contribution in [1.82, 2.24) is 19.6 Å². The van der Waals surface area contributed by atoms with Crippen LogP contribution in [0.4, 0.5) is 13.2 Å². The Kier molecular flexibility index (Phi) is 6.43. The van der Waals surface area contributed by atoms with Crippen molar-refractivity contribution in [3.05, 3.63) is 46.8 Å². The van der Waals surface area contributed by atoms with E-state index < -0.39 is 11.7 Å². The average Bonchev–Trinajstić information content (AvgIpc) is 3.01. The molecule has 0 atom stereocenters. The van der Waals surface area contributed by atoms with E-state index >= 15 is 0 Å². The van der Waals surface area contributed by atoms with Crippen LogP contribution in [0.25, 0.3) is 5.69 Å². The van der Waals surface area contributed by atoms with E-state index in [9.17, 15) is 22.8 Å². The number of rotatable bonds is 4. The lowest BCUT2D eigenvalue weighted by Gasteiger charge is -2.35. The number of carbonyl (C=O) groups is 2. The summed E-state index contributed by atoms with van der Waals surface area (Å²) in [5, 5.41) is 4.38. The van der Waals surface area contributed by atoms with Crippen molar-refractivity contribution in [2.24, 2.45) is 5.92 Å². The van der Waals surface area contributed by atoms with Gasteiger partial charge in [0.2, 0.25) is 11.8 Å². The third kappa shape index (κ3) is 4.91. The molecule has 0 unspecified atom stereocenters. The van der Waals surface area contributed by atoms with E-state index in [0.29, 0.717) is 48.8 Å². The first kappa shape index (κ1) is 22.8. The van der Waals surface area contributed by atoms with Gasteiger partial charge in [0.15, 0.2) is 0 Å². The zero-order valence-corrected chi connectivity index (χ0v) is 18.2. The third-order valence-corrected chi connectivity index (χ3v) is 5.63. The molecule has 2 amide bonds. The minimum atomic E-state index is -4.44. The molecule has 2 heterocycles. The molecule has 2 aromatic rings. The number of amides is 2. The minimum absolute atomic E-state index is 0.0748. The van der Waals surface area contributed by atoms with Gasteiger partial charge in [-0.2, -0.15) is 18.3 Å². The number of hydrogen-bond donors (Lipinski definition) is 0. The summed E-state index contributed by atoms with van der Waals surface area (Å²) in [5.74, 6) is -0.0678. The van der Waals surface area contributed by atoms with E-state index in [1.54, 1.807) is 29.7 Å². The van der Waals surface area contributed by atoms with Gasteiger partial charge in [0.25, 0.3) is 0 Å². The molecule has 6 nitrogen and oxygen atoms in total. The summed E-state index contributed by atoms with van der Waals surface area (Å²) in [6.07, 6.45) is -4.32. The molecule has 0 radical (unpaired) electrons. The van der Waals surface area contributed by atoms with Gasteiger partial charge < -0.3 is 9.80 Å². The summed E-state index contributed by atoms with van der Waals surface area (Å²) >= 11 is 0. The highest BCUT2D eigenvalue weighted by molar-refractivity contribution is 5.81. The molecule has 3 rings (SSSR count). The van der Waals surface area contributed by atoms with Gasteiger partial charge in [0.1, 0.15) is 0 Å². The second-order valence-corrected chi connectivity index (χ2v) is 8.15. The van der Waals surface area contributed by atoms with Gasteiger partial charge in [-0.3, -0.25) is 9.59 Å². The molecule has 1 aromatic heterocycles. The molecule has 31 heavy (non-hydrogen) atoms. The standard InChI is InChI=1S/C22H27F3N4O2/c1-14(2)21(31)28-10-8-27(9-11-28)20(30)13-19-15(3)26-29(16(19)4)18-7-5-6-17(12-18)22(23,24)25/h5-7,12,14H,8-11,13H2,1-4H3. The van der Waals surface area contributed by atoms with E-state index in [2.05, 4.69) is 5.10 Å². The topological polar surface area (TPSA) is 58.4 Å². The summed E-state index contributed by atoms with van der Waals surface area (Å²) < 4.78 is 40.6. The van der Waals surface area contributed by atoms with Crippen LogP contribution in [0.5, 0.6) is 0 Å². The Balaban J connectivity index is 1.74. The molecule has 0 saturated carbocycles. The highest BCUT2D eigenvalue weighted by atomic mass is 19.4. The molecular formula is C22H27F3N4O2. The highest BCUT2D eigenvalue weighted by Gasteiger charge is 2.31. The van der Waals surface area contributed by atoms with Gasteiger partial charge in [-0.05, 0) is 32.0 Å². The first-order valence-corrected chi connectivity index (χ1v) is 10.3. The van der Waals surface area contributed by atoms with Crippen LogP contribution in [-0.4, -0.2) is 57.6 Å². The predicted octanol–water partition coefficient (Wildman–Crippen LogP) is 3.38. The maximum atomic E-state index is 13.1. The summed E-state index contributed by atoms with van der Waals surface area (Å²) in [7, 11) is 0. The molecule has 9 heteroatoms. The molecule has 1 fully saturated rings. The molecule has 0 N–H and O–H groups in total. The number of piperazine rings is 1. The van der Waals surface area contributed by atoms with Gasteiger partial charge in [-0.15, -0.1) is 0 Å². The smallest absolute Gasteiger partial charge is 0.339 e. The Hall–Kier alpha value is -2.84. The van der Waals surface area contributed by atoms with Gasteiger partial charge in [0, 0.05) is 43.4 Å². The number of carbonyl (C=O) groups excluding carboxylic acids is 2. The summed E-state index contributed by atoms with van der Waals surface area (Å²) in [5.41, 5.74) is 1.51. The van der Waals surface area contributed by atoms with Crippen molar-refractivity contribution in [2.45, 2.75) is 40.3 Å². The fourth-order valence-corrected chi connectivity index (χ4v) is 3.80. The van der Waals surface area contributed by atoms with Gasteiger partial charge in [-0.25, -0.2) is 4.68 Å². The van der Waals surface area contributed by atoms with Crippen LogP contribution < -0.4 is 0 Å². The number of aryl methyl sites for hydroxylation is 1. The summed E-state index contributed by atoms with van der Waals surface area (Å²) in [6, 6.07) is 4.97. The lowest BCUT2D eigenvalue weighted by Crippen LogP contribution is -2.51. The monoisotopic (exact) mass is 436 g/mol. The molecule has 0 aliphatic carbocycles. The van der Waals surface area contributed by atoms with Crippen molar-refractivity contribution >= 4 is 11.8 Å². The third-order valence-electron chi connectivity index (χ3n) is 5.63. The van der Waals surface area contributed by atoms with E-state index in [4.69, 9.17) is 0 Å². The molecule has 168 valence electrons. The van der Waals surface area contributed by atoms with Crippen molar-refractivity contribution in [3.8, 4) is 5.69 Å². The first-order chi connectivity index (χ1) is 14.5. The highest BCUT2D eigenvalue weighted by Crippen LogP contribution is 2.31. The molecule has 1 aliphatic heterocycles. The Morgan fingerprint density at radius 2 is 1.68 bits per heavy atom. The number of alkyl halides is 3. The van der Waals surface area contributed by atoms with Crippen molar-refractivity contribution in [1.29, 1.82) is 0 Å². The van der Waals surface area contributed by atoms with Gasteiger partial charge in [-0.1, -0.05) is 19.9 Å². The first-order valence-electron chi connectivity index (χ1n) is 10.3. The Morgan fingerprint density at radius 3 is 2.26 bits per heavy atom. The maximum absolute atomic E-state index is 13.1. The quantitative estimate of drug-likeness (QED) is 0.739. The fourth-order valence-electron chi connectivity index (χ4n) is 3.80. The molecule has 1 aliphatic rings.